The lowest BCUT2D eigenvalue weighted by Crippen LogP contribution is -2.30. The number of halogens is 4. The number of rotatable bonds is 3. The monoisotopic (exact) mass is 346 g/mol. The predicted octanol–water partition coefficient (Wildman–Crippen LogP) is 3.93. The minimum absolute atomic E-state index is 0.226. The third-order valence-electron chi connectivity index (χ3n) is 2.71. The fraction of sp³-hybridized carbons (Fsp3) is 0.0769. The zero-order valence-electron chi connectivity index (χ0n) is 9.63. The summed E-state index contributed by atoms with van der Waals surface area (Å²) in [5, 5.41) is 0.270. The maximum atomic E-state index is 13.9. The second-order valence-corrected chi connectivity index (χ2v) is 5.28. The van der Waals surface area contributed by atoms with Crippen LogP contribution < -0.4 is 11.3 Å². The average Bonchev–Trinajstić information content (AvgIpc) is 2.36. The van der Waals surface area contributed by atoms with Gasteiger partial charge in [0.1, 0.15) is 11.6 Å². The molecule has 0 aliphatic carbocycles. The van der Waals surface area contributed by atoms with Crippen LogP contribution in [0, 0.1) is 11.6 Å². The third kappa shape index (κ3) is 3.12. The largest absolute Gasteiger partial charge is 0.271 e. The van der Waals surface area contributed by atoms with E-state index in [0.29, 0.717) is 4.47 Å². The quantitative estimate of drug-likeness (QED) is 0.652. The summed E-state index contributed by atoms with van der Waals surface area (Å²) < 4.78 is 28.4. The molecular weight excluding hydrogens is 338 g/mol. The summed E-state index contributed by atoms with van der Waals surface area (Å²) >= 11 is 8.94. The Morgan fingerprint density at radius 2 is 1.79 bits per heavy atom. The van der Waals surface area contributed by atoms with Gasteiger partial charge in [-0.2, -0.15) is 0 Å². The van der Waals surface area contributed by atoms with Crippen LogP contribution in [0.3, 0.4) is 0 Å². The van der Waals surface area contributed by atoms with Gasteiger partial charge in [-0.3, -0.25) is 5.84 Å². The zero-order chi connectivity index (χ0) is 14.0. The van der Waals surface area contributed by atoms with E-state index < -0.39 is 17.7 Å². The molecule has 100 valence electrons. The van der Waals surface area contributed by atoms with Gasteiger partial charge in [0.05, 0.1) is 6.04 Å². The zero-order valence-corrected chi connectivity index (χ0v) is 12.0. The lowest BCUT2D eigenvalue weighted by atomic mass is 9.98. The first-order valence-electron chi connectivity index (χ1n) is 5.39. The molecular formula is C13H10BrClF2N2. The molecule has 6 heteroatoms. The Bertz CT molecular complexity index is 607. The molecule has 0 saturated heterocycles. The Balaban J connectivity index is 2.52. The van der Waals surface area contributed by atoms with E-state index in [0.717, 1.165) is 6.07 Å². The highest BCUT2D eigenvalue weighted by atomic mass is 79.9. The van der Waals surface area contributed by atoms with Crippen molar-refractivity contribution in [3.63, 3.8) is 0 Å². The third-order valence-corrected chi connectivity index (χ3v) is 3.44. The SMILES string of the molecule is NNC(c1ccc(Cl)cc1F)c1cc(Br)ccc1F. The van der Waals surface area contributed by atoms with Crippen LogP contribution in [0.2, 0.25) is 5.02 Å². The van der Waals surface area contributed by atoms with Crippen molar-refractivity contribution in [2.24, 2.45) is 5.84 Å². The Hall–Kier alpha value is -1.01. The number of hydrazine groups is 1. The Morgan fingerprint density at radius 3 is 2.42 bits per heavy atom. The van der Waals surface area contributed by atoms with Gasteiger partial charge in [-0.25, -0.2) is 14.2 Å². The molecule has 1 atom stereocenters. The molecule has 2 aromatic carbocycles. The van der Waals surface area contributed by atoms with Gasteiger partial charge in [0, 0.05) is 20.6 Å². The molecule has 0 spiro atoms. The second-order valence-electron chi connectivity index (χ2n) is 3.93. The fourth-order valence-electron chi connectivity index (χ4n) is 1.82. The van der Waals surface area contributed by atoms with Crippen LogP contribution in [0.1, 0.15) is 17.2 Å². The summed E-state index contributed by atoms with van der Waals surface area (Å²) in [5.74, 6) is 4.41. The minimum Gasteiger partial charge on any atom is -0.271 e. The Labute approximate surface area is 122 Å². The molecule has 0 aromatic heterocycles. The van der Waals surface area contributed by atoms with Crippen LogP contribution in [-0.4, -0.2) is 0 Å². The molecule has 0 amide bonds. The molecule has 0 heterocycles. The molecule has 2 nitrogen and oxygen atoms in total. The maximum Gasteiger partial charge on any atom is 0.129 e. The highest BCUT2D eigenvalue weighted by molar-refractivity contribution is 9.10. The van der Waals surface area contributed by atoms with E-state index in [1.807, 2.05) is 0 Å². The summed E-state index contributed by atoms with van der Waals surface area (Å²) in [7, 11) is 0. The van der Waals surface area contributed by atoms with Crippen LogP contribution in [0.15, 0.2) is 40.9 Å². The van der Waals surface area contributed by atoms with Gasteiger partial charge < -0.3 is 0 Å². The first kappa shape index (κ1) is 14.4. The van der Waals surface area contributed by atoms with Gasteiger partial charge in [0.2, 0.25) is 0 Å². The summed E-state index contributed by atoms with van der Waals surface area (Å²) in [6, 6.07) is 7.77. The summed E-state index contributed by atoms with van der Waals surface area (Å²) in [6.07, 6.45) is 0. The van der Waals surface area contributed by atoms with Crippen molar-refractivity contribution in [3.8, 4) is 0 Å². The van der Waals surface area contributed by atoms with Gasteiger partial charge in [0.25, 0.3) is 0 Å². The molecule has 0 fully saturated rings. The fourth-order valence-corrected chi connectivity index (χ4v) is 2.36. The van der Waals surface area contributed by atoms with Gasteiger partial charge >= 0.3 is 0 Å². The van der Waals surface area contributed by atoms with Crippen molar-refractivity contribution in [2.75, 3.05) is 0 Å². The number of benzene rings is 2. The van der Waals surface area contributed by atoms with E-state index >= 15 is 0 Å². The van der Waals surface area contributed by atoms with E-state index in [4.69, 9.17) is 17.4 Å². The summed E-state index contributed by atoms with van der Waals surface area (Å²) in [6.45, 7) is 0. The molecule has 2 rings (SSSR count). The van der Waals surface area contributed by atoms with Gasteiger partial charge in [-0.05, 0) is 30.3 Å². The first-order valence-corrected chi connectivity index (χ1v) is 6.56. The van der Waals surface area contributed by atoms with Crippen molar-refractivity contribution in [1.82, 2.24) is 5.43 Å². The number of hydrogen-bond acceptors (Lipinski definition) is 2. The van der Waals surface area contributed by atoms with E-state index in [2.05, 4.69) is 21.4 Å². The van der Waals surface area contributed by atoms with Crippen LogP contribution in [0.5, 0.6) is 0 Å². The Kier molecular flexibility index (Phi) is 4.52. The molecule has 3 N–H and O–H groups in total. The number of hydrogen-bond donors (Lipinski definition) is 2. The van der Waals surface area contributed by atoms with E-state index in [-0.39, 0.29) is 16.1 Å². The van der Waals surface area contributed by atoms with Gasteiger partial charge in [-0.1, -0.05) is 33.6 Å². The second kappa shape index (κ2) is 5.96. The smallest absolute Gasteiger partial charge is 0.129 e. The lowest BCUT2D eigenvalue weighted by molar-refractivity contribution is 0.531. The highest BCUT2D eigenvalue weighted by Crippen LogP contribution is 2.29. The summed E-state index contributed by atoms with van der Waals surface area (Å²) in [5.41, 5.74) is 2.89. The summed E-state index contributed by atoms with van der Waals surface area (Å²) in [4.78, 5) is 0. The minimum atomic E-state index is -0.797. The molecule has 0 aliphatic heterocycles. The van der Waals surface area contributed by atoms with Gasteiger partial charge in [0.15, 0.2) is 0 Å². The van der Waals surface area contributed by atoms with E-state index in [1.54, 1.807) is 12.1 Å². The number of nitrogens with two attached hydrogens (primary N) is 1. The van der Waals surface area contributed by atoms with E-state index in [1.165, 1.54) is 18.2 Å². The topological polar surface area (TPSA) is 38.0 Å². The average molecular weight is 348 g/mol. The van der Waals surface area contributed by atoms with Crippen LogP contribution in [-0.2, 0) is 0 Å². The van der Waals surface area contributed by atoms with Crippen molar-refractivity contribution >= 4 is 27.5 Å². The Morgan fingerprint density at radius 1 is 1.05 bits per heavy atom. The highest BCUT2D eigenvalue weighted by Gasteiger charge is 2.20. The van der Waals surface area contributed by atoms with Crippen molar-refractivity contribution < 1.29 is 8.78 Å². The molecule has 0 saturated carbocycles. The number of nitrogens with one attached hydrogen (secondary N) is 1. The molecule has 1 unspecified atom stereocenters. The van der Waals surface area contributed by atoms with Crippen LogP contribution in [0.25, 0.3) is 0 Å². The molecule has 2 aromatic rings. The van der Waals surface area contributed by atoms with Gasteiger partial charge in [-0.15, -0.1) is 0 Å². The lowest BCUT2D eigenvalue weighted by Gasteiger charge is -2.18. The van der Waals surface area contributed by atoms with E-state index in [9.17, 15) is 8.78 Å². The molecule has 0 radical (unpaired) electrons. The van der Waals surface area contributed by atoms with Crippen molar-refractivity contribution in [3.05, 3.63) is 68.7 Å². The van der Waals surface area contributed by atoms with Crippen LogP contribution >= 0.6 is 27.5 Å². The maximum absolute atomic E-state index is 13.9. The molecule has 0 aliphatic rings. The first-order chi connectivity index (χ1) is 9.02. The van der Waals surface area contributed by atoms with Crippen molar-refractivity contribution in [2.45, 2.75) is 6.04 Å². The normalized spacial score (nSPS) is 12.5. The molecule has 19 heavy (non-hydrogen) atoms. The van der Waals surface area contributed by atoms with Crippen molar-refractivity contribution in [1.29, 1.82) is 0 Å². The predicted molar refractivity (Wildman–Crippen MR) is 74.7 cm³/mol. The van der Waals surface area contributed by atoms with Crippen LogP contribution in [0.4, 0.5) is 8.78 Å². The standard InChI is InChI=1S/C13H10BrClF2N2/c14-7-1-4-11(16)10(5-7)13(19-18)9-3-2-8(15)6-12(9)17/h1-6,13,19H,18H2. The molecule has 0 bridgehead atoms.